The van der Waals surface area contributed by atoms with Crippen molar-refractivity contribution in [3.05, 3.63) is 33.5 Å². The van der Waals surface area contributed by atoms with Gasteiger partial charge in [-0.3, -0.25) is 28.0 Å². The van der Waals surface area contributed by atoms with Crippen molar-refractivity contribution in [3.8, 4) is 0 Å². The first kappa shape index (κ1) is 28.2. The Balaban J connectivity index is 1.22. The molecule has 2 aliphatic heterocycles. The maximum absolute atomic E-state index is 12.7. The monoisotopic (exact) mass is 585 g/mol. The number of phosphoric ester groups is 1. The van der Waals surface area contributed by atoms with Gasteiger partial charge in [-0.1, -0.05) is 0 Å². The average Bonchev–Trinajstić information content (AvgIpc) is 3.59. The largest absolute Gasteiger partial charge is 0.472 e. The number of ether oxygens (including phenoxy) is 2. The molecule has 19 nitrogen and oxygen atoms in total. The molecule has 40 heavy (non-hydrogen) atoms. The van der Waals surface area contributed by atoms with Crippen molar-refractivity contribution >= 4 is 30.9 Å². The summed E-state index contributed by atoms with van der Waals surface area (Å²) in [6.07, 6.45) is -3.70. The molecular weight excluding hydrogens is 557 g/mol. The highest BCUT2D eigenvalue weighted by Gasteiger charge is 2.43. The predicted molar refractivity (Wildman–Crippen MR) is 134 cm³/mol. The number of nitrogens with one attached hydrogen (secondary N) is 2. The minimum Gasteiger partial charge on any atom is -0.394 e. The van der Waals surface area contributed by atoms with E-state index in [1.165, 1.54) is 10.9 Å². The normalized spacial score (nSPS) is 28.2. The topological polar surface area (TPSA) is 264 Å². The molecule has 0 bridgehead atoms. The summed E-state index contributed by atoms with van der Waals surface area (Å²) < 4.78 is 36.9. The summed E-state index contributed by atoms with van der Waals surface area (Å²) in [4.78, 5) is 53.0. The highest BCUT2D eigenvalue weighted by atomic mass is 31.2. The van der Waals surface area contributed by atoms with Gasteiger partial charge < -0.3 is 35.6 Å². The van der Waals surface area contributed by atoms with Gasteiger partial charge in [0, 0.05) is 19.4 Å². The van der Waals surface area contributed by atoms with E-state index < -0.39 is 69.2 Å². The molecule has 0 radical (unpaired) electrons. The zero-order chi connectivity index (χ0) is 28.6. The third-order valence-electron chi connectivity index (χ3n) is 6.38. The number of hydrogen-bond donors (Lipinski definition) is 6. The number of aromatic amines is 1. The Labute approximate surface area is 224 Å². The Bertz CT molecular complexity index is 1530. The Morgan fingerprint density at radius 2 is 1.90 bits per heavy atom. The van der Waals surface area contributed by atoms with Crippen LogP contribution in [0.1, 0.15) is 32.2 Å². The Hall–Kier alpha value is -3.29. The third-order valence-corrected chi connectivity index (χ3v) is 7.39. The van der Waals surface area contributed by atoms with Crippen molar-refractivity contribution in [1.29, 1.82) is 0 Å². The van der Waals surface area contributed by atoms with Crippen LogP contribution in [0.4, 0.5) is 11.9 Å². The Kier molecular flexibility index (Phi) is 7.98. The average molecular weight is 585 g/mol. The molecule has 5 rings (SSSR count). The first-order valence-corrected chi connectivity index (χ1v) is 13.7. The number of H-pyrrole nitrogens is 1. The highest BCUT2D eigenvalue weighted by molar-refractivity contribution is 7.47. The molecule has 0 spiro atoms. The number of imidazole rings is 1. The summed E-state index contributed by atoms with van der Waals surface area (Å²) in [6.45, 7) is 1.25. The van der Waals surface area contributed by atoms with Gasteiger partial charge in [0.15, 0.2) is 11.2 Å². The van der Waals surface area contributed by atoms with E-state index in [-0.39, 0.29) is 35.9 Å². The van der Waals surface area contributed by atoms with E-state index in [4.69, 9.17) is 24.3 Å². The molecule has 7 atom stereocenters. The van der Waals surface area contributed by atoms with E-state index in [2.05, 4.69) is 30.2 Å². The predicted octanol–water partition coefficient (Wildman–Crippen LogP) is -1.78. The Morgan fingerprint density at radius 1 is 1.18 bits per heavy atom. The van der Waals surface area contributed by atoms with Gasteiger partial charge in [0.25, 0.3) is 5.56 Å². The number of hydrogen-bond acceptors (Lipinski definition) is 15. The van der Waals surface area contributed by atoms with E-state index >= 15 is 0 Å². The zero-order valence-corrected chi connectivity index (χ0v) is 22.0. The lowest BCUT2D eigenvalue weighted by Gasteiger charge is -2.21. The summed E-state index contributed by atoms with van der Waals surface area (Å²) in [5.74, 6) is 0.00799. The molecule has 7 N–H and O–H groups in total. The quantitative estimate of drug-likeness (QED) is 0.144. The fourth-order valence-electron chi connectivity index (χ4n) is 4.49. The number of rotatable bonds is 10. The number of nitrogens with zero attached hydrogens (tertiary/aromatic N) is 6. The molecule has 0 saturated carbocycles. The number of nitrogens with two attached hydrogens (primary N) is 1. The Morgan fingerprint density at radius 3 is 2.62 bits per heavy atom. The fraction of sp³-hybridized carbons (Fsp3) is 0.600. The second-order valence-electron chi connectivity index (χ2n) is 9.06. The van der Waals surface area contributed by atoms with Crippen molar-refractivity contribution in [2.45, 2.75) is 56.6 Å². The number of aromatic nitrogens is 7. The van der Waals surface area contributed by atoms with Gasteiger partial charge in [0.1, 0.15) is 37.1 Å². The highest BCUT2D eigenvalue weighted by Crippen LogP contribution is 2.49. The minimum absolute atomic E-state index is 0.0598. The van der Waals surface area contributed by atoms with E-state index in [0.717, 1.165) is 10.9 Å². The lowest BCUT2D eigenvalue weighted by Crippen LogP contribution is -2.29. The van der Waals surface area contributed by atoms with Crippen LogP contribution in [0.3, 0.4) is 0 Å². The number of nitrogen functional groups attached to an aromatic ring is 1. The summed E-state index contributed by atoms with van der Waals surface area (Å²) in [5.41, 5.74) is 4.48. The van der Waals surface area contributed by atoms with Gasteiger partial charge in [-0.2, -0.15) is 9.97 Å². The van der Waals surface area contributed by atoms with Crippen LogP contribution in [0.15, 0.2) is 22.2 Å². The molecule has 2 fully saturated rings. The SMILES string of the molecule is CCNc1nc2c(ncn2[C@H]2CC(O)[C@@H](COP(=O)(O)OC3C[C@H](n4cnc(N)nc4=O)O[C@@H]3CO)O2)c(=O)[nH]1. The van der Waals surface area contributed by atoms with Crippen molar-refractivity contribution in [2.24, 2.45) is 0 Å². The molecule has 3 aromatic heterocycles. The maximum atomic E-state index is 12.7. The van der Waals surface area contributed by atoms with Crippen LogP contribution in [0.5, 0.6) is 0 Å². The smallest absolute Gasteiger partial charge is 0.394 e. The van der Waals surface area contributed by atoms with Crippen LogP contribution in [0.25, 0.3) is 11.2 Å². The molecular formula is C20H28N9O10P. The molecule has 0 aliphatic carbocycles. The maximum Gasteiger partial charge on any atom is 0.472 e. The van der Waals surface area contributed by atoms with Crippen molar-refractivity contribution in [3.63, 3.8) is 0 Å². The molecule has 3 aromatic rings. The molecule has 2 saturated heterocycles. The molecule has 0 amide bonds. The van der Waals surface area contributed by atoms with Crippen LogP contribution >= 0.6 is 7.82 Å². The minimum atomic E-state index is -4.75. The first-order valence-electron chi connectivity index (χ1n) is 12.3. The zero-order valence-electron chi connectivity index (χ0n) is 21.1. The van der Waals surface area contributed by atoms with E-state index in [9.17, 15) is 29.3 Å². The van der Waals surface area contributed by atoms with Gasteiger partial charge >= 0.3 is 13.5 Å². The van der Waals surface area contributed by atoms with Gasteiger partial charge in [-0.25, -0.2) is 19.3 Å². The first-order chi connectivity index (χ1) is 19.1. The molecule has 218 valence electrons. The van der Waals surface area contributed by atoms with Crippen LogP contribution in [-0.2, 0) is 23.1 Å². The fourth-order valence-corrected chi connectivity index (χ4v) is 5.45. The molecule has 3 unspecified atom stereocenters. The van der Waals surface area contributed by atoms with Gasteiger partial charge in [0.2, 0.25) is 11.9 Å². The number of anilines is 2. The van der Waals surface area contributed by atoms with Crippen molar-refractivity contribution in [2.75, 3.05) is 30.8 Å². The van der Waals surface area contributed by atoms with Gasteiger partial charge in [0.05, 0.1) is 25.6 Å². The van der Waals surface area contributed by atoms with E-state index in [0.29, 0.717) is 6.54 Å². The van der Waals surface area contributed by atoms with Crippen LogP contribution in [0.2, 0.25) is 0 Å². The molecule has 5 heterocycles. The van der Waals surface area contributed by atoms with Gasteiger partial charge in [-0.05, 0) is 6.92 Å². The number of aliphatic hydroxyl groups excluding tert-OH is 2. The van der Waals surface area contributed by atoms with E-state index in [1.807, 2.05) is 6.92 Å². The second kappa shape index (κ2) is 11.3. The van der Waals surface area contributed by atoms with Crippen LogP contribution < -0.4 is 22.3 Å². The van der Waals surface area contributed by atoms with Crippen LogP contribution in [0, 0.1) is 0 Å². The summed E-state index contributed by atoms with van der Waals surface area (Å²) in [6, 6.07) is 0. The van der Waals surface area contributed by atoms with Crippen LogP contribution in [-0.4, -0.2) is 93.3 Å². The second-order valence-corrected chi connectivity index (χ2v) is 10.5. The third kappa shape index (κ3) is 5.77. The lowest BCUT2D eigenvalue weighted by molar-refractivity contribution is -0.0565. The van der Waals surface area contributed by atoms with Crippen molar-refractivity contribution in [1.82, 2.24) is 34.1 Å². The summed E-state index contributed by atoms with van der Waals surface area (Å²) >= 11 is 0. The molecule has 20 heteroatoms. The van der Waals surface area contributed by atoms with Crippen molar-refractivity contribution < 1.29 is 38.2 Å². The van der Waals surface area contributed by atoms with E-state index in [1.54, 1.807) is 0 Å². The van der Waals surface area contributed by atoms with Gasteiger partial charge in [-0.15, -0.1) is 0 Å². The number of phosphoric acid groups is 1. The molecule has 0 aromatic carbocycles. The number of fused-ring (bicyclic) bond motifs is 1. The molecule has 2 aliphatic rings. The summed E-state index contributed by atoms with van der Waals surface area (Å²) in [7, 11) is -4.75. The lowest BCUT2D eigenvalue weighted by atomic mass is 10.2. The standard InChI is InChI=1S/C20H28N9O10P/c1-2-22-19-25-16-15(17(32)26-19)23-7-28(16)13-3-9(31)12(38-13)6-36-40(34,35)39-10-4-14(37-11(10)5-30)29-8-24-18(21)27-20(29)33/h7-14,30-31H,2-6H2,1H3,(H,34,35)(H2,21,27,33)(H2,22,25,26,32)/t9?,10?,11-,12-,13-,14-/m1/s1. The summed E-state index contributed by atoms with van der Waals surface area (Å²) in [5, 5.41) is 23.1. The number of aliphatic hydroxyl groups is 2.